The molecule has 1 heterocycles. The molecule has 166 valence electrons. The van der Waals surface area contributed by atoms with Crippen LogP contribution in [0.2, 0.25) is 0 Å². The van der Waals surface area contributed by atoms with Crippen molar-refractivity contribution >= 4 is 5.71 Å². The zero-order chi connectivity index (χ0) is 22.2. The van der Waals surface area contributed by atoms with Crippen LogP contribution in [0.25, 0.3) is 0 Å². The largest absolute Gasteiger partial charge is 0.404 e. The molecule has 0 amide bonds. The molecule has 0 spiro atoms. The molecule has 1 aromatic heterocycles. The van der Waals surface area contributed by atoms with E-state index in [1.807, 2.05) is 31.6 Å². The predicted octanol–water partition coefficient (Wildman–Crippen LogP) is 4.21. The summed E-state index contributed by atoms with van der Waals surface area (Å²) in [5, 5.41) is 14.1. The molecule has 1 aliphatic carbocycles. The first-order chi connectivity index (χ1) is 13.5. The van der Waals surface area contributed by atoms with Crippen molar-refractivity contribution in [1.82, 2.24) is 9.78 Å². The topological polar surface area (TPSA) is 85.7 Å². The van der Waals surface area contributed by atoms with Gasteiger partial charge in [-0.3, -0.25) is 9.67 Å². The highest BCUT2D eigenvalue weighted by Crippen LogP contribution is 2.37. The van der Waals surface area contributed by atoms with Crippen LogP contribution >= 0.6 is 0 Å². The van der Waals surface area contributed by atoms with E-state index in [0.717, 1.165) is 24.1 Å². The highest BCUT2D eigenvalue weighted by molar-refractivity contribution is 5.98. The van der Waals surface area contributed by atoms with E-state index in [-0.39, 0.29) is 6.10 Å². The molecule has 0 radical (unpaired) electrons. The highest BCUT2D eigenvalue weighted by atomic mass is 16.5. The Balaban J connectivity index is 0.000000290. The fourth-order valence-corrected chi connectivity index (χ4v) is 3.09. The Morgan fingerprint density at radius 2 is 1.93 bits per heavy atom. The van der Waals surface area contributed by atoms with Crippen LogP contribution in [0.1, 0.15) is 78.5 Å². The van der Waals surface area contributed by atoms with Crippen LogP contribution in [0.4, 0.5) is 0 Å². The SMILES string of the molecule is CC(=NCCOC(C)C)/C(=C\N)C(C)C.Cc1c(C(C)C)cnn1CC1(O)CC1. The molecule has 6 nitrogen and oxygen atoms in total. The van der Waals surface area contributed by atoms with E-state index >= 15 is 0 Å². The molecule has 3 N–H and O–H groups in total. The van der Waals surface area contributed by atoms with Gasteiger partial charge in [-0.1, -0.05) is 27.7 Å². The van der Waals surface area contributed by atoms with Gasteiger partial charge in [0.1, 0.15) is 0 Å². The normalized spacial score (nSPS) is 16.4. The summed E-state index contributed by atoms with van der Waals surface area (Å²) in [6.07, 6.45) is 5.68. The van der Waals surface area contributed by atoms with Gasteiger partial charge in [0.25, 0.3) is 0 Å². The van der Waals surface area contributed by atoms with Gasteiger partial charge in [0, 0.05) is 11.4 Å². The first-order valence-corrected chi connectivity index (χ1v) is 10.8. The molecule has 29 heavy (non-hydrogen) atoms. The Morgan fingerprint density at radius 3 is 2.34 bits per heavy atom. The van der Waals surface area contributed by atoms with Gasteiger partial charge < -0.3 is 15.6 Å². The lowest BCUT2D eigenvalue weighted by molar-refractivity contribution is 0.0853. The Morgan fingerprint density at radius 1 is 1.31 bits per heavy atom. The molecule has 6 heteroatoms. The minimum Gasteiger partial charge on any atom is -0.404 e. The number of aromatic nitrogens is 2. The second kappa shape index (κ2) is 11.5. The molecule has 0 aromatic carbocycles. The van der Waals surface area contributed by atoms with Crippen LogP contribution in [-0.4, -0.2) is 45.5 Å². The third kappa shape index (κ3) is 8.70. The number of aliphatic hydroxyl groups is 1. The number of nitrogens with two attached hydrogens (primary N) is 1. The van der Waals surface area contributed by atoms with Crippen molar-refractivity contribution in [3.63, 3.8) is 0 Å². The van der Waals surface area contributed by atoms with E-state index in [1.54, 1.807) is 6.20 Å². The number of ether oxygens (including phenoxy) is 1. The van der Waals surface area contributed by atoms with Crippen LogP contribution in [-0.2, 0) is 11.3 Å². The van der Waals surface area contributed by atoms with E-state index in [1.165, 1.54) is 11.3 Å². The van der Waals surface area contributed by atoms with E-state index in [9.17, 15) is 5.11 Å². The zero-order valence-electron chi connectivity index (χ0n) is 19.7. The second-order valence-electron chi connectivity index (χ2n) is 8.89. The lowest BCUT2D eigenvalue weighted by Gasteiger charge is -2.10. The van der Waals surface area contributed by atoms with Crippen molar-refractivity contribution in [2.24, 2.45) is 16.6 Å². The number of aliphatic imine (C=N–C) groups is 1. The van der Waals surface area contributed by atoms with Crippen molar-refractivity contribution in [2.75, 3.05) is 13.2 Å². The smallest absolute Gasteiger partial charge is 0.0845 e. The van der Waals surface area contributed by atoms with Gasteiger partial charge in [-0.05, 0) is 69.7 Å². The third-order valence-electron chi connectivity index (χ3n) is 5.15. The maximum atomic E-state index is 9.79. The summed E-state index contributed by atoms with van der Waals surface area (Å²) in [6.45, 7) is 18.7. The minimum absolute atomic E-state index is 0.273. The van der Waals surface area contributed by atoms with Crippen molar-refractivity contribution in [2.45, 2.75) is 92.4 Å². The highest BCUT2D eigenvalue weighted by Gasteiger charge is 2.41. The standard InChI is InChI=1S/C12H24N2O.C11H18N2O/c1-9(2)12(8-13)11(5)14-6-7-15-10(3)4;1-8(2)10-6-12-13(9(10)3)7-11(14)4-5-11/h8-10H,6-7,13H2,1-5H3;6,8,14H,4-5,7H2,1-3H3/b12-8-,14-11?;. The van der Waals surface area contributed by atoms with Gasteiger partial charge in [0.2, 0.25) is 0 Å². The summed E-state index contributed by atoms with van der Waals surface area (Å²) in [5.41, 5.74) is 9.71. The van der Waals surface area contributed by atoms with Gasteiger partial charge in [0.15, 0.2) is 0 Å². The minimum atomic E-state index is -0.453. The van der Waals surface area contributed by atoms with Crippen LogP contribution in [0.3, 0.4) is 0 Å². The molecule has 0 aliphatic heterocycles. The van der Waals surface area contributed by atoms with Gasteiger partial charge in [-0.15, -0.1) is 0 Å². The first-order valence-electron chi connectivity index (χ1n) is 10.8. The second-order valence-corrected chi connectivity index (χ2v) is 8.89. The summed E-state index contributed by atoms with van der Waals surface area (Å²) in [4.78, 5) is 4.43. The number of hydrogen-bond donors (Lipinski definition) is 2. The maximum absolute atomic E-state index is 9.79. The fraction of sp³-hybridized carbons (Fsp3) is 0.739. The summed E-state index contributed by atoms with van der Waals surface area (Å²) in [6, 6.07) is 0. The van der Waals surface area contributed by atoms with Crippen LogP contribution < -0.4 is 5.73 Å². The lowest BCUT2D eigenvalue weighted by atomic mass is 10.0. The van der Waals surface area contributed by atoms with E-state index in [0.29, 0.717) is 31.5 Å². The number of allylic oxidation sites excluding steroid dienone is 1. The number of hydrogen-bond acceptors (Lipinski definition) is 5. The average molecular weight is 407 g/mol. The van der Waals surface area contributed by atoms with Crippen LogP contribution in [0, 0.1) is 12.8 Å². The Bertz CT molecular complexity index is 683. The Kier molecular flexibility index (Phi) is 10.1. The van der Waals surface area contributed by atoms with Crippen molar-refractivity contribution in [3.8, 4) is 0 Å². The van der Waals surface area contributed by atoms with Gasteiger partial charge in [-0.25, -0.2) is 0 Å². The molecule has 1 aliphatic rings. The molecule has 0 atom stereocenters. The quantitative estimate of drug-likeness (QED) is 0.475. The van der Waals surface area contributed by atoms with Crippen molar-refractivity contribution in [1.29, 1.82) is 0 Å². The number of nitrogens with zero attached hydrogens (tertiary/aromatic N) is 3. The molecule has 1 aromatic rings. The van der Waals surface area contributed by atoms with Gasteiger partial charge >= 0.3 is 0 Å². The van der Waals surface area contributed by atoms with Gasteiger partial charge in [-0.2, -0.15) is 5.10 Å². The number of rotatable bonds is 9. The molecule has 0 unspecified atom stereocenters. The summed E-state index contributed by atoms with van der Waals surface area (Å²) < 4.78 is 7.34. The lowest BCUT2D eigenvalue weighted by Crippen LogP contribution is -2.18. The first kappa shape index (κ1) is 25.4. The molecular formula is C23H42N4O2. The summed E-state index contributed by atoms with van der Waals surface area (Å²) in [7, 11) is 0. The van der Waals surface area contributed by atoms with Crippen molar-refractivity contribution < 1.29 is 9.84 Å². The molecule has 0 saturated heterocycles. The van der Waals surface area contributed by atoms with E-state index in [4.69, 9.17) is 10.5 Å². The summed E-state index contributed by atoms with van der Waals surface area (Å²) >= 11 is 0. The van der Waals surface area contributed by atoms with E-state index < -0.39 is 5.60 Å². The third-order valence-corrected chi connectivity index (χ3v) is 5.15. The Hall–Kier alpha value is -1.66. The molecular weight excluding hydrogens is 364 g/mol. The predicted molar refractivity (Wildman–Crippen MR) is 121 cm³/mol. The fourth-order valence-electron chi connectivity index (χ4n) is 3.09. The Labute approximate surface area is 177 Å². The van der Waals surface area contributed by atoms with Gasteiger partial charge in [0.05, 0.1) is 37.6 Å². The maximum Gasteiger partial charge on any atom is 0.0845 e. The molecule has 2 rings (SSSR count). The molecule has 0 bridgehead atoms. The van der Waals surface area contributed by atoms with E-state index in [2.05, 4.69) is 44.7 Å². The molecule has 1 fully saturated rings. The van der Waals surface area contributed by atoms with Crippen LogP contribution in [0.5, 0.6) is 0 Å². The van der Waals surface area contributed by atoms with Crippen molar-refractivity contribution in [3.05, 3.63) is 29.2 Å². The summed E-state index contributed by atoms with van der Waals surface area (Å²) in [5.74, 6) is 0.933. The average Bonchev–Trinajstić information content (AvgIpc) is 3.24. The zero-order valence-corrected chi connectivity index (χ0v) is 19.7. The monoisotopic (exact) mass is 406 g/mol. The van der Waals surface area contributed by atoms with Crippen LogP contribution in [0.15, 0.2) is 23.0 Å². The molecule has 1 saturated carbocycles.